The predicted octanol–water partition coefficient (Wildman–Crippen LogP) is 5.14. The highest BCUT2D eigenvalue weighted by molar-refractivity contribution is 9.10. The van der Waals surface area contributed by atoms with Gasteiger partial charge in [-0.3, -0.25) is 9.36 Å². The maximum atomic E-state index is 12.8. The Kier molecular flexibility index (Phi) is 5.16. The predicted molar refractivity (Wildman–Crippen MR) is 111 cm³/mol. The van der Waals surface area contributed by atoms with Crippen molar-refractivity contribution < 1.29 is 4.52 Å². The molecule has 4 rings (SSSR count). The van der Waals surface area contributed by atoms with Crippen LogP contribution in [-0.2, 0) is 5.75 Å². The van der Waals surface area contributed by atoms with Gasteiger partial charge in [0.15, 0.2) is 5.16 Å². The van der Waals surface area contributed by atoms with Crippen molar-refractivity contribution in [3.8, 4) is 10.7 Å². The molecule has 0 N–H and O–H groups in total. The Balaban J connectivity index is 1.63. The van der Waals surface area contributed by atoms with Gasteiger partial charge in [-0.1, -0.05) is 29.1 Å². The highest BCUT2D eigenvalue weighted by Crippen LogP contribution is 2.29. The van der Waals surface area contributed by atoms with E-state index < -0.39 is 0 Å². The highest BCUT2D eigenvalue weighted by Gasteiger charge is 2.16. The average Bonchev–Trinajstić information content (AvgIpc) is 3.28. The number of rotatable bonds is 5. The number of halogens is 1. The van der Waals surface area contributed by atoms with Crippen LogP contribution in [-0.4, -0.2) is 19.7 Å². The number of nitrogens with zero attached hydrogens (tertiary/aromatic N) is 4. The zero-order valence-corrected chi connectivity index (χ0v) is 17.8. The second-order valence-electron chi connectivity index (χ2n) is 6.11. The fourth-order valence-corrected chi connectivity index (χ4v) is 4.97. The summed E-state index contributed by atoms with van der Waals surface area (Å²) >= 11 is 6.39. The van der Waals surface area contributed by atoms with E-state index in [2.05, 4.69) is 31.1 Å². The van der Waals surface area contributed by atoms with Crippen LogP contribution in [0.3, 0.4) is 0 Å². The molecule has 1 aromatic carbocycles. The lowest BCUT2D eigenvalue weighted by Gasteiger charge is -2.15. The largest absolute Gasteiger partial charge is 0.338 e. The quantitative estimate of drug-likeness (QED) is 0.301. The van der Waals surface area contributed by atoms with Crippen LogP contribution in [0.15, 0.2) is 54.7 Å². The molecule has 4 aromatic rings. The van der Waals surface area contributed by atoms with Crippen molar-refractivity contribution in [1.82, 2.24) is 19.7 Å². The molecule has 0 amide bonds. The lowest BCUT2D eigenvalue weighted by molar-refractivity contribution is 0.391. The summed E-state index contributed by atoms with van der Waals surface area (Å²) in [5, 5.41) is 7.28. The second-order valence-corrected chi connectivity index (χ2v) is 8.88. The first-order valence-electron chi connectivity index (χ1n) is 8.24. The molecule has 0 saturated heterocycles. The molecule has 3 aromatic heterocycles. The summed E-state index contributed by atoms with van der Waals surface area (Å²) in [7, 11) is 0. The van der Waals surface area contributed by atoms with E-state index in [-0.39, 0.29) is 11.6 Å². The summed E-state index contributed by atoms with van der Waals surface area (Å²) in [6, 6.07) is 9.34. The Bertz CT molecular complexity index is 1170. The number of benzene rings is 1. The van der Waals surface area contributed by atoms with Crippen LogP contribution >= 0.6 is 39.0 Å². The number of hydrogen-bond donors (Lipinski definition) is 0. The molecular weight excluding hydrogens is 448 g/mol. The van der Waals surface area contributed by atoms with Crippen molar-refractivity contribution >= 4 is 49.9 Å². The second kappa shape index (κ2) is 7.57. The van der Waals surface area contributed by atoms with Crippen molar-refractivity contribution in [3.05, 3.63) is 56.4 Å². The molecule has 0 fully saturated rings. The minimum atomic E-state index is -0.0345. The lowest BCUT2D eigenvalue weighted by atomic mass is 10.2. The summed E-state index contributed by atoms with van der Waals surface area (Å²) in [6.07, 6.45) is 0. The van der Waals surface area contributed by atoms with E-state index in [1.165, 1.54) is 11.8 Å². The Hall–Kier alpha value is -1.97. The van der Waals surface area contributed by atoms with Gasteiger partial charge in [-0.05, 0) is 48.0 Å². The Morgan fingerprint density at radius 2 is 2.11 bits per heavy atom. The summed E-state index contributed by atoms with van der Waals surface area (Å²) in [5.41, 5.74) is 0.657. The van der Waals surface area contributed by atoms with Gasteiger partial charge in [0.1, 0.15) is 0 Å². The maximum absolute atomic E-state index is 12.8. The maximum Gasteiger partial charge on any atom is 0.262 e. The molecule has 138 valence electrons. The zero-order valence-electron chi connectivity index (χ0n) is 14.5. The Morgan fingerprint density at radius 3 is 2.85 bits per heavy atom. The monoisotopic (exact) mass is 462 g/mol. The summed E-state index contributed by atoms with van der Waals surface area (Å²) < 4.78 is 8.06. The SMILES string of the molecule is CC(C)n1c(SCc2nc(-c3cc(Br)cs3)no2)nc2ccccc2c1=O. The van der Waals surface area contributed by atoms with Crippen molar-refractivity contribution in [2.45, 2.75) is 30.8 Å². The minimum absolute atomic E-state index is 0.00109. The molecule has 0 spiro atoms. The molecule has 9 heteroatoms. The minimum Gasteiger partial charge on any atom is -0.338 e. The number of fused-ring (bicyclic) bond motifs is 1. The fourth-order valence-electron chi connectivity index (χ4n) is 2.65. The van der Waals surface area contributed by atoms with E-state index in [1.54, 1.807) is 22.0 Å². The first-order chi connectivity index (χ1) is 13.0. The lowest BCUT2D eigenvalue weighted by Crippen LogP contribution is -2.25. The molecule has 27 heavy (non-hydrogen) atoms. The van der Waals surface area contributed by atoms with E-state index in [9.17, 15) is 4.79 Å². The van der Waals surface area contributed by atoms with E-state index >= 15 is 0 Å². The van der Waals surface area contributed by atoms with Crippen LogP contribution in [0.25, 0.3) is 21.6 Å². The van der Waals surface area contributed by atoms with Crippen molar-refractivity contribution in [3.63, 3.8) is 0 Å². The number of aromatic nitrogens is 4. The van der Waals surface area contributed by atoms with Gasteiger partial charge in [0.25, 0.3) is 5.56 Å². The average molecular weight is 463 g/mol. The molecule has 6 nitrogen and oxygen atoms in total. The van der Waals surface area contributed by atoms with Gasteiger partial charge >= 0.3 is 0 Å². The van der Waals surface area contributed by atoms with Gasteiger partial charge in [-0.15, -0.1) is 11.3 Å². The molecule has 0 radical (unpaired) electrons. The third-order valence-corrected chi connectivity index (χ3v) is 6.50. The zero-order chi connectivity index (χ0) is 19.0. The van der Waals surface area contributed by atoms with Crippen LogP contribution in [0.4, 0.5) is 0 Å². The summed E-state index contributed by atoms with van der Waals surface area (Å²) in [6.45, 7) is 3.95. The Labute approximate surface area is 171 Å². The van der Waals surface area contributed by atoms with Crippen molar-refractivity contribution in [1.29, 1.82) is 0 Å². The first kappa shape index (κ1) is 18.4. The molecule has 0 bridgehead atoms. The number of hydrogen-bond acceptors (Lipinski definition) is 7. The molecule has 0 unspecified atom stereocenters. The molecule has 0 aliphatic rings. The van der Waals surface area contributed by atoms with E-state index in [1.807, 2.05) is 43.5 Å². The number of thioether (sulfide) groups is 1. The van der Waals surface area contributed by atoms with E-state index in [0.29, 0.717) is 33.5 Å². The normalized spacial score (nSPS) is 11.6. The Morgan fingerprint density at radius 1 is 1.30 bits per heavy atom. The van der Waals surface area contributed by atoms with Gasteiger partial charge < -0.3 is 4.52 Å². The smallest absolute Gasteiger partial charge is 0.262 e. The molecule has 0 aliphatic carbocycles. The first-order valence-corrected chi connectivity index (χ1v) is 10.9. The summed E-state index contributed by atoms with van der Waals surface area (Å²) in [4.78, 5) is 22.9. The summed E-state index contributed by atoms with van der Waals surface area (Å²) in [5.74, 6) is 1.50. The van der Waals surface area contributed by atoms with Gasteiger partial charge in [0, 0.05) is 15.9 Å². The van der Waals surface area contributed by atoms with E-state index in [4.69, 9.17) is 4.52 Å². The van der Waals surface area contributed by atoms with Crippen LogP contribution in [0.5, 0.6) is 0 Å². The van der Waals surface area contributed by atoms with Crippen LogP contribution in [0.2, 0.25) is 0 Å². The number of thiophene rings is 1. The van der Waals surface area contributed by atoms with Crippen LogP contribution in [0.1, 0.15) is 25.8 Å². The van der Waals surface area contributed by atoms with Crippen LogP contribution in [0, 0.1) is 0 Å². The topological polar surface area (TPSA) is 73.8 Å². The van der Waals surface area contributed by atoms with Crippen molar-refractivity contribution in [2.75, 3.05) is 0 Å². The van der Waals surface area contributed by atoms with Gasteiger partial charge in [-0.2, -0.15) is 4.98 Å². The van der Waals surface area contributed by atoms with E-state index in [0.717, 1.165) is 9.35 Å². The fraction of sp³-hybridized carbons (Fsp3) is 0.222. The molecule has 0 aliphatic heterocycles. The number of para-hydroxylation sites is 1. The highest BCUT2D eigenvalue weighted by atomic mass is 79.9. The van der Waals surface area contributed by atoms with Gasteiger partial charge in [0.05, 0.1) is 21.5 Å². The third-order valence-electron chi connectivity index (χ3n) is 3.87. The van der Waals surface area contributed by atoms with Crippen LogP contribution < -0.4 is 5.56 Å². The molecule has 0 saturated carbocycles. The molecule has 0 atom stereocenters. The molecular formula is C18H15BrN4O2S2. The van der Waals surface area contributed by atoms with Gasteiger partial charge in [0.2, 0.25) is 11.7 Å². The molecule has 3 heterocycles. The van der Waals surface area contributed by atoms with Crippen molar-refractivity contribution in [2.24, 2.45) is 0 Å². The standard InChI is InChI=1S/C18H15BrN4O2S2/c1-10(2)23-17(24)12-5-3-4-6-13(12)20-18(23)27-9-15-21-16(22-25-15)14-7-11(19)8-26-14/h3-8,10H,9H2,1-2H3. The third kappa shape index (κ3) is 3.71. The van der Waals surface area contributed by atoms with Gasteiger partial charge in [-0.25, -0.2) is 4.98 Å².